The maximum Gasteiger partial charge on any atom is 0.347 e. The fourth-order valence-corrected chi connectivity index (χ4v) is 2.41. The normalized spacial score (nSPS) is 18.3. The number of piperidine rings is 1. The van der Waals surface area contributed by atoms with Crippen molar-refractivity contribution in [3.05, 3.63) is 28.9 Å². The second-order valence-corrected chi connectivity index (χ2v) is 4.96. The lowest BCUT2D eigenvalue weighted by atomic mass is 9.98. The summed E-state index contributed by atoms with van der Waals surface area (Å²) >= 11 is 0. The Morgan fingerprint density at radius 3 is 3.00 bits per heavy atom. The summed E-state index contributed by atoms with van der Waals surface area (Å²) in [5, 5.41) is 0. The van der Waals surface area contributed by atoms with E-state index >= 15 is 0 Å². The van der Waals surface area contributed by atoms with Gasteiger partial charge in [0.1, 0.15) is 6.54 Å². The number of rotatable bonds is 4. The lowest BCUT2D eigenvalue weighted by molar-refractivity contribution is -0.151. The molecular weight excluding hydrogens is 274 g/mol. The first-order valence-electron chi connectivity index (χ1n) is 7.07. The number of carbonyl (C=O) groups is 2. The molecule has 1 atom stereocenters. The molecule has 1 saturated heterocycles. The quantitative estimate of drug-likeness (QED) is 0.732. The molecular formula is C14H19N3O4. The Hall–Kier alpha value is -2.18. The Morgan fingerprint density at radius 2 is 2.29 bits per heavy atom. The Bertz CT molecular complexity index is 569. The third kappa shape index (κ3) is 3.90. The van der Waals surface area contributed by atoms with Crippen LogP contribution in [0.1, 0.15) is 19.8 Å². The van der Waals surface area contributed by atoms with Gasteiger partial charge in [0.05, 0.1) is 12.5 Å². The average Bonchev–Trinajstić information content (AvgIpc) is 2.50. The topological polar surface area (TPSA) is 81.5 Å². The van der Waals surface area contributed by atoms with Gasteiger partial charge in [-0.1, -0.05) is 0 Å². The fourth-order valence-electron chi connectivity index (χ4n) is 2.41. The van der Waals surface area contributed by atoms with Crippen LogP contribution in [0.4, 0.5) is 0 Å². The molecule has 0 aliphatic carbocycles. The number of ether oxygens (including phenoxy) is 1. The smallest absolute Gasteiger partial charge is 0.347 e. The molecule has 1 aliphatic heterocycles. The minimum atomic E-state index is -0.454. The highest BCUT2D eigenvalue weighted by Gasteiger charge is 2.29. The zero-order valence-electron chi connectivity index (χ0n) is 12.0. The minimum Gasteiger partial charge on any atom is -0.466 e. The van der Waals surface area contributed by atoms with E-state index in [0.717, 1.165) is 12.8 Å². The molecule has 1 aliphatic rings. The summed E-state index contributed by atoms with van der Waals surface area (Å²) in [5.74, 6) is -0.707. The SMILES string of the molecule is CCOC(=O)[C@@H]1CCCN(C(=O)Cn2cccnc2=O)C1. The standard InChI is InChI=1S/C14H19N3O4/c1-2-21-13(19)11-5-3-7-16(9-11)12(18)10-17-8-4-6-15-14(17)20/h4,6,8,11H,2-3,5,7,9-10H2,1H3/t11-/m1/s1. The highest BCUT2D eigenvalue weighted by molar-refractivity contribution is 5.78. The van der Waals surface area contributed by atoms with Crippen LogP contribution in [0.3, 0.4) is 0 Å². The molecule has 0 bridgehead atoms. The highest BCUT2D eigenvalue weighted by Crippen LogP contribution is 2.18. The fraction of sp³-hybridized carbons (Fsp3) is 0.571. The van der Waals surface area contributed by atoms with E-state index in [1.165, 1.54) is 17.0 Å². The molecule has 2 rings (SSSR count). The number of hydrogen-bond acceptors (Lipinski definition) is 5. The van der Waals surface area contributed by atoms with Crippen LogP contribution < -0.4 is 5.69 Å². The summed E-state index contributed by atoms with van der Waals surface area (Å²) in [6, 6.07) is 1.60. The summed E-state index contributed by atoms with van der Waals surface area (Å²) in [4.78, 5) is 40.7. The van der Waals surface area contributed by atoms with E-state index in [4.69, 9.17) is 4.74 Å². The number of aromatic nitrogens is 2. The van der Waals surface area contributed by atoms with Crippen LogP contribution in [0.15, 0.2) is 23.3 Å². The van der Waals surface area contributed by atoms with Crippen LogP contribution in [0.5, 0.6) is 0 Å². The first-order valence-corrected chi connectivity index (χ1v) is 7.07. The van der Waals surface area contributed by atoms with E-state index in [1.54, 1.807) is 17.9 Å². The second-order valence-electron chi connectivity index (χ2n) is 4.96. The largest absolute Gasteiger partial charge is 0.466 e. The zero-order chi connectivity index (χ0) is 15.2. The van der Waals surface area contributed by atoms with E-state index in [9.17, 15) is 14.4 Å². The molecule has 1 fully saturated rings. The summed E-state index contributed by atoms with van der Waals surface area (Å²) in [6.07, 6.45) is 4.41. The Labute approximate surface area is 122 Å². The van der Waals surface area contributed by atoms with Crippen LogP contribution in [0.2, 0.25) is 0 Å². The average molecular weight is 293 g/mol. The molecule has 1 aromatic rings. The van der Waals surface area contributed by atoms with Crippen molar-refractivity contribution < 1.29 is 14.3 Å². The van der Waals surface area contributed by atoms with Crippen molar-refractivity contribution in [3.63, 3.8) is 0 Å². The first kappa shape index (κ1) is 15.2. The van der Waals surface area contributed by atoms with Gasteiger partial charge in [0.2, 0.25) is 5.91 Å². The van der Waals surface area contributed by atoms with E-state index < -0.39 is 5.69 Å². The second kappa shape index (κ2) is 7.01. The van der Waals surface area contributed by atoms with E-state index in [2.05, 4.69) is 4.98 Å². The van der Waals surface area contributed by atoms with Gasteiger partial charge in [-0.05, 0) is 25.8 Å². The summed E-state index contributed by atoms with van der Waals surface area (Å²) in [6.45, 7) is 3.01. The van der Waals surface area contributed by atoms with Crippen molar-refractivity contribution in [2.45, 2.75) is 26.3 Å². The number of hydrogen-bond donors (Lipinski definition) is 0. The van der Waals surface area contributed by atoms with Gasteiger partial charge in [-0.3, -0.25) is 14.2 Å². The first-order chi connectivity index (χ1) is 10.1. The van der Waals surface area contributed by atoms with Gasteiger partial charge < -0.3 is 9.64 Å². The van der Waals surface area contributed by atoms with E-state index in [1.807, 2.05) is 0 Å². The number of esters is 1. The van der Waals surface area contributed by atoms with Crippen molar-refractivity contribution in [3.8, 4) is 0 Å². The van der Waals surface area contributed by atoms with Crippen LogP contribution >= 0.6 is 0 Å². The molecule has 0 spiro atoms. The van der Waals surface area contributed by atoms with Gasteiger partial charge in [-0.15, -0.1) is 0 Å². The van der Waals surface area contributed by atoms with Crippen LogP contribution in [0.25, 0.3) is 0 Å². The molecule has 7 heteroatoms. The molecule has 2 heterocycles. The van der Waals surface area contributed by atoms with Crippen molar-refractivity contribution in [2.24, 2.45) is 5.92 Å². The number of amides is 1. The van der Waals surface area contributed by atoms with Gasteiger partial charge in [-0.2, -0.15) is 0 Å². The lowest BCUT2D eigenvalue weighted by Gasteiger charge is -2.31. The van der Waals surface area contributed by atoms with Crippen LogP contribution in [-0.2, 0) is 20.9 Å². The molecule has 0 N–H and O–H groups in total. The molecule has 0 unspecified atom stereocenters. The monoisotopic (exact) mass is 293 g/mol. The highest BCUT2D eigenvalue weighted by atomic mass is 16.5. The summed E-state index contributed by atoms with van der Waals surface area (Å²) in [5.41, 5.74) is -0.454. The Kier molecular flexibility index (Phi) is 5.08. The van der Waals surface area contributed by atoms with Crippen molar-refractivity contribution in [1.82, 2.24) is 14.5 Å². The van der Waals surface area contributed by atoms with Gasteiger partial charge in [0.25, 0.3) is 0 Å². The number of nitrogens with zero attached hydrogens (tertiary/aromatic N) is 3. The van der Waals surface area contributed by atoms with Crippen LogP contribution in [-0.4, -0.2) is 46.0 Å². The predicted octanol–water partition coefficient (Wildman–Crippen LogP) is 0.0450. The Morgan fingerprint density at radius 1 is 1.48 bits per heavy atom. The van der Waals surface area contributed by atoms with E-state index in [0.29, 0.717) is 19.7 Å². The molecule has 1 amide bonds. The van der Waals surface area contributed by atoms with Crippen molar-refractivity contribution in [1.29, 1.82) is 0 Å². The molecule has 0 aromatic carbocycles. The predicted molar refractivity (Wildman–Crippen MR) is 74.4 cm³/mol. The van der Waals surface area contributed by atoms with E-state index in [-0.39, 0.29) is 24.3 Å². The minimum absolute atomic E-state index is 0.0534. The molecule has 7 nitrogen and oxygen atoms in total. The summed E-state index contributed by atoms with van der Waals surface area (Å²) in [7, 11) is 0. The third-order valence-electron chi connectivity index (χ3n) is 3.48. The summed E-state index contributed by atoms with van der Waals surface area (Å²) < 4.78 is 6.26. The van der Waals surface area contributed by atoms with Gasteiger partial charge in [0, 0.05) is 25.5 Å². The van der Waals surface area contributed by atoms with Gasteiger partial charge in [0.15, 0.2) is 0 Å². The molecule has 21 heavy (non-hydrogen) atoms. The number of carbonyl (C=O) groups excluding carboxylic acids is 2. The maximum absolute atomic E-state index is 12.2. The van der Waals surface area contributed by atoms with Gasteiger partial charge >= 0.3 is 11.7 Å². The van der Waals surface area contributed by atoms with Crippen LogP contribution in [0, 0.1) is 5.92 Å². The third-order valence-corrected chi connectivity index (χ3v) is 3.48. The zero-order valence-corrected chi connectivity index (χ0v) is 12.0. The van der Waals surface area contributed by atoms with Crippen molar-refractivity contribution >= 4 is 11.9 Å². The Balaban J connectivity index is 1.98. The lowest BCUT2D eigenvalue weighted by Crippen LogP contribution is -2.45. The number of likely N-dealkylation sites (tertiary alicyclic amines) is 1. The molecule has 0 radical (unpaired) electrons. The van der Waals surface area contributed by atoms with Crippen molar-refractivity contribution in [2.75, 3.05) is 19.7 Å². The maximum atomic E-state index is 12.2. The molecule has 114 valence electrons. The molecule has 1 aromatic heterocycles. The molecule has 0 saturated carbocycles. The van der Waals surface area contributed by atoms with Gasteiger partial charge in [-0.25, -0.2) is 9.78 Å².